The van der Waals surface area contributed by atoms with Gasteiger partial charge in [0.2, 0.25) is 0 Å². The van der Waals surface area contributed by atoms with Crippen molar-refractivity contribution in [3.05, 3.63) is 69.8 Å². The molecule has 29 heavy (non-hydrogen) atoms. The molecule has 0 bridgehead atoms. The van der Waals surface area contributed by atoms with E-state index in [1.165, 1.54) is 17.8 Å². The predicted molar refractivity (Wildman–Crippen MR) is 115 cm³/mol. The summed E-state index contributed by atoms with van der Waals surface area (Å²) in [6, 6.07) is 13.8. The third-order valence-electron chi connectivity index (χ3n) is 5.17. The first-order valence-electron chi connectivity index (χ1n) is 9.45. The summed E-state index contributed by atoms with van der Waals surface area (Å²) in [7, 11) is 0. The van der Waals surface area contributed by atoms with Gasteiger partial charge in [0.15, 0.2) is 5.17 Å². The molecule has 1 amide bonds. The molecule has 4 rings (SSSR count). The van der Waals surface area contributed by atoms with Gasteiger partial charge in [-0.25, -0.2) is 9.89 Å². The molecular formula is C21H20N4O3S. The summed E-state index contributed by atoms with van der Waals surface area (Å²) in [5.74, 6) is 1.19. The Bertz CT molecular complexity index is 1050. The van der Waals surface area contributed by atoms with Crippen molar-refractivity contribution < 1.29 is 9.72 Å². The molecule has 0 N–H and O–H groups in total. The number of thioether (sulfide) groups is 1. The van der Waals surface area contributed by atoms with Gasteiger partial charge < -0.3 is 0 Å². The van der Waals surface area contributed by atoms with Crippen LogP contribution in [0.15, 0.2) is 58.5 Å². The Labute approximate surface area is 172 Å². The number of amidine groups is 2. The lowest BCUT2D eigenvalue weighted by molar-refractivity contribution is -0.384. The van der Waals surface area contributed by atoms with Crippen molar-refractivity contribution in [1.82, 2.24) is 4.90 Å². The Morgan fingerprint density at radius 1 is 1.24 bits per heavy atom. The minimum Gasteiger partial charge on any atom is -0.271 e. The molecule has 0 spiro atoms. The zero-order valence-corrected chi connectivity index (χ0v) is 16.9. The number of benzene rings is 2. The first-order chi connectivity index (χ1) is 14.0. The molecule has 148 valence electrons. The van der Waals surface area contributed by atoms with Gasteiger partial charge in [0.1, 0.15) is 11.9 Å². The number of rotatable bonds is 5. The molecule has 0 fully saturated rings. The molecule has 7 nitrogen and oxygen atoms in total. The highest BCUT2D eigenvalue weighted by molar-refractivity contribution is 8.13. The van der Waals surface area contributed by atoms with E-state index >= 15 is 0 Å². The fraction of sp³-hybridized carbons (Fsp3) is 0.286. The van der Waals surface area contributed by atoms with Gasteiger partial charge in [-0.1, -0.05) is 56.3 Å². The topological polar surface area (TPSA) is 88.2 Å². The van der Waals surface area contributed by atoms with Crippen molar-refractivity contribution in [3.8, 4) is 0 Å². The highest BCUT2D eigenvalue weighted by atomic mass is 32.2. The van der Waals surface area contributed by atoms with Crippen LogP contribution >= 0.6 is 11.8 Å². The number of carbonyl (C=O) groups excluding carboxylic acids is 1. The third kappa shape index (κ3) is 3.55. The van der Waals surface area contributed by atoms with Crippen LogP contribution < -0.4 is 0 Å². The Hall–Kier alpha value is -3.00. The van der Waals surface area contributed by atoms with Crippen LogP contribution in [-0.2, 0) is 10.5 Å². The van der Waals surface area contributed by atoms with Crippen LogP contribution in [0.3, 0.4) is 0 Å². The number of hydrogen-bond acceptors (Lipinski definition) is 6. The van der Waals surface area contributed by atoms with Gasteiger partial charge in [0, 0.05) is 23.4 Å². The molecule has 2 aromatic rings. The van der Waals surface area contributed by atoms with Gasteiger partial charge in [-0.2, -0.15) is 0 Å². The van der Waals surface area contributed by atoms with Crippen LogP contribution in [0, 0.1) is 16.0 Å². The Balaban J connectivity index is 1.66. The van der Waals surface area contributed by atoms with E-state index < -0.39 is 11.0 Å². The van der Waals surface area contributed by atoms with Crippen LogP contribution in [-0.4, -0.2) is 32.8 Å². The lowest BCUT2D eigenvalue weighted by atomic mass is 10.00. The molecule has 0 aliphatic carbocycles. The average Bonchev–Trinajstić information content (AvgIpc) is 3.09. The highest BCUT2D eigenvalue weighted by Crippen LogP contribution is 2.36. The minimum absolute atomic E-state index is 0.0513. The lowest BCUT2D eigenvalue weighted by Crippen LogP contribution is -2.42. The van der Waals surface area contributed by atoms with Crippen molar-refractivity contribution in [1.29, 1.82) is 0 Å². The maximum absolute atomic E-state index is 13.1. The minimum atomic E-state index is -0.412. The first-order valence-corrected chi connectivity index (χ1v) is 10.4. The number of carbonyl (C=O) groups is 1. The third-order valence-corrected chi connectivity index (χ3v) is 6.18. The summed E-state index contributed by atoms with van der Waals surface area (Å²) in [4.78, 5) is 34.8. The predicted octanol–water partition coefficient (Wildman–Crippen LogP) is 4.53. The summed E-state index contributed by atoms with van der Waals surface area (Å²) >= 11 is 1.39. The molecule has 0 saturated carbocycles. The summed E-state index contributed by atoms with van der Waals surface area (Å²) in [5.41, 5.74) is 2.48. The quantitative estimate of drug-likeness (QED) is 0.537. The zero-order valence-electron chi connectivity index (χ0n) is 16.1. The Kier molecular flexibility index (Phi) is 5.19. The van der Waals surface area contributed by atoms with E-state index in [0.29, 0.717) is 16.8 Å². The molecule has 0 saturated heterocycles. The van der Waals surface area contributed by atoms with Crippen LogP contribution in [0.1, 0.15) is 31.4 Å². The second-order valence-corrected chi connectivity index (χ2v) is 8.03. The number of aliphatic imine (C=N–C) groups is 2. The fourth-order valence-corrected chi connectivity index (χ4v) is 4.31. The van der Waals surface area contributed by atoms with Crippen LogP contribution in [0.5, 0.6) is 0 Å². The standard InChI is InChI=1S/C21H20N4O3S/c1-3-13(2)18-20(26)24-19(23-18)16-9-4-5-10-17(16)22-21(24)29-12-14-7-6-8-15(11-14)25(27)28/h4-11,13,18H,3,12H2,1-2H3/t13-,18+/m0/s1. The maximum Gasteiger partial charge on any atom is 0.269 e. The van der Waals surface area contributed by atoms with Gasteiger partial charge >= 0.3 is 0 Å². The van der Waals surface area contributed by atoms with Crippen molar-refractivity contribution in [2.45, 2.75) is 32.1 Å². The summed E-state index contributed by atoms with van der Waals surface area (Å²) in [6.45, 7) is 4.08. The zero-order chi connectivity index (χ0) is 20.5. The van der Waals surface area contributed by atoms with Gasteiger partial charge in [-0.3, -0.25) is 19.9 Å². The first kappa shape index (κ1) is 19.3. The van der Waals surface area contributed by atoms with Crippen LogP contribution in [0.2, 0.25) is 0 Å². The number of fused-ring (bicyclic) bond motifs is 3. The second-order valence-electron chi connectivity index (χ2n) is 7.08. The second kappa shape index (κ2) is 7.79. The van der Waals surface area contributed by atoms with Crippen LogP contribution in [0.4, 0.5) is 11.4 Å². The van der Waals surface area contributed by atoms with Gasteiger partial charge in [0.25, 0.3) is 11.6 Å². The summed E-state index contributed by atoms with van der Waals surface area (Å²) in [6.07, 6.45) is 0.857. The van der Waals surface area contributed by atoms with Gasteiger partial charge in [-0.05, 0) is 23.6 Å². The largest absolute Gasteiger partial charge is 0.271 e. The number of amides is 1. The lowest BCUT2D eigenvalue weighted by Gasteiger charge is -2.26. The Morgan fingerprint density at radius 2 is 2.03 bits per heavy atom. The maximum atomic E-state index is 13.1. The normalized spacial score (nSPS) is 18.6. The Morgan fingerprint density at radius 3 is 2.79 bits per heavy atom. The SMILES string of the molecule is CC[C@H](C)[C@H]1N=C2c3ccccc3N=C(SCc3cccc([N+](=O)[O-])c3)N2C1=O. The fourth-order valence-electron chi connectivity index (χ4n) is 3.37. The number of hydrogen-bond donors (Lipinski definition) is 0. The number of para-hydroxylation sites is 1. The van der Waals surface area contributed by atoms with Crippen molar-refractivity contribution in [3.63, 3.8) is 0 Å². The average molecular weight is 408 g/mol. The van der Waals surface area contributed by atoms with E-state index in [1.54, 1.807) is 17.0 Å². The smallest absolute Gasteiger partial charge is 0.269 e. The monoisotopic (exact) mass is 408 g/mol. The van der Waals surface area contributed by atoms with E-state index in [2.05, 4.69) is 6.92 Å². The summed E-state index contributed by atoms with van der Waals surface area (Å²) < 4.78 is 0. The van der Waals surface area contributed by atoms with Crippen molar-refractivity contribution >= 4 is 40.0 Å². The van der Waals surface area contributed by atoms with Crippen LogP contribution in [0.25, 0.3) is 0 Å². The van der Waals surface area contributed by atoms with Crippen molar-refractivity contribution in [2.24, 2.45) is 15.9 Å². The van der Waals surface area contributed by atoms with E-state index in [1.807, 2.05) is 37.3 Å². The van der Waals surface area contributed by atoms with E-state index in [9.17, 15) is 14.9 Å². The molecule has 2 heterocycles. The molecule has 0 aromatic heterocycles. The van der Waals surface area contributed by atoms with Gasteiger partial charge in [-0.15, -0.1) is 0 Å². The molecular weight excluding hydrogens is 388 g/mol. The summed E-state index contributed by atoms with van der Waals surface area (Å²) in [5, 5.41) is 11.6. The highest BCUT2D eigenvalue weighted by Gasteiger charge is 2.42. The van der Waals surface area contributed by atoms with Crippen molar-refractivity contribution in [2.75, 3.05) is 0 Å². The molecule has 0 radical (unpaired) electrons. The number of nitro benzene ring substituents is 1. The molecule has 8 heteroatoms. The number of non-ortho nitro benzene ring substituents is 1. The molecule has 2 aliphatic heterocycles. The van der Waals surface area contributed by atoms with E-state index in [0.717, 1.165) is 23.2 Å². The van der Waals surface area contributed by atoms with E-state index in [-0.39, 0.29) is 17.5 Å². The molecule has 2 aromatic carbocycles. The number of nitro groups is 1. The number of nitrogens with zero attached hydrogens (tertiary/aromatic N) is 4. The molecule has 2 atom stereocenters. The van der Waals surface area contributed by atoms with Gasteiger partial charge in [0.05, 0.1) is 10.6 Å². The molecule has 2 aliphatic rings. The van der Waals surface area contributed by atoms with E-state index in [4.69, 9.17) is 9.98 Å². The molecule has 0 unspecified atom stereocenters.